The molecule has 24 heavy (non-hydrogen) atoms. The maximum absolute atomic E-state index is 12.0. The zero-order valence-electron chi connectivity index (χ0n) is 12.7. The first-order chi connectivity index (χ1) is 11.5. The van der Waals surface area contributed by atoms with E-state index in [1.165, 1.54) is 49.1 Å². The van der Waals surface area contributed by atoms with E-state index in [2.05, 4.69) is 10.5 Å². The van der Waals surface area contributed by atoms with E-state index in [4.69, 9.17) is 9.94 Å². The lowest BCUT2D eigenvalue weighted by Gasteiger charge is -2.04. The Labute approximate surface area is 137 Å². The van der Waals surface area contributed by atoms with Crippen molar-refractivity contribution in [3.05, 3.63) is 59.2 Å². The minimum atomic E-state index is -0.718. The predicted octanol–water partition coefficient (Wildman–Crippen LogP) is 1.28. The van der Waals surface area contributed by atoms with Crippen LogP contribution >= 0.6 is 0 Å². The second-order valence-corrected chi connectivity index (χ2v) is 4.65. The zero-order valence-corrected chi connectivity index (χ0v) is 12.7. The van der Waals surface area contributed by atoms with E-state index in [0.29, 0.717) is 5.56 Å². The van der Waals surface area contributed by atoms with Crippen molar-refractivity contribution in [2.24, 2.45) is 5.10 Å². The first kappa shape index (κ1) is 17.0. The molecule has 0 atom stereocenters. The van der Waals surface area contributed by atoms with E-state index in [-0.39, 0.29) is 22.6 Å². The molecular formula is C16H15N3O5. The SMILES string of the molecule is COc1cc(/C=N/NC(=O)c2cccc(C(=O)NO)c2)ccc1O. The fourth-order valence-corrected chi connectivity index (χ4v) is 1.87. The van der Waals surface area contributed by atoms with Crippen molar-refractivity contribution >= 4 is 18.0 Å². The van der Waals surface area contributed by atoms with Crippen LogP contribution in [0.2, 0.25) is 0 Å². The monoisotopic (exact) mass is 329 g/mol. The maximum atomic E-state index is 12.0. The number of carbonyl (C=O) groups excluding carboxylic acids is 2. The lowest BCUT2D eigenvalue weighted by atomic mass is 10.1. The third-order valence-corrected chi connectivity index (χ3v) is 3.07. The van der Waals surface area contributed by atoms with Gasteiger partial charge in [0.1, 0.15) is 0 Å². The maximum Gasteiger partial charge on any atom is 0.274 e. The van der Waals surface area contributed by atoms with Crippen molar-refractivity contribution in [3.63, 3.8) is 0 Å². The van der Waals surface area contributed by atoms with Gasteiger partial charge >= 0.3 is 0 Å². The summed E-state index contributed by atoms with van der Waals surface area (Å²) < 4.78 is 4.97. The van der Waals surface area contributed by atoms with Gasteiger partial charge in [0.05, 0.1) is 13.3 Å². The molecule has 0 saturated carbocycles. The Kier molecular flexibility index (Phi) is 5.48. The van der Waals surface area contributed by atoms with Crippen LogP contribution in [0.15, 0.2) is 47.6 Å². The van der Waals surface area contributed by atoms with Gasteiger partial charge in [-0.25, -0.2) is 10.9 Å². The molecule has 0 aliphatic carbocycles. The molecule has 0 heterocycles. The summed E-state index contributed by atoms with van der Waals surface area (Å²) in [4.78, 5) is 23.3. The average Bonchev–Trinajstić information content (AvgIpc) is 2.62. The second kappa shape index (κ2) is 7.75. The van der Waals surface area contributed by atoms with Crippen LogP contribution in [0.1, 0.15) is 26.3 Å². The second-order valence-electron chi connectivity index (χ2n) is 4.65. The number of nitrogens with one attached hydrogen (secondary N) is 2. The van der Waals surface area contributed by atoms with Crippen LogP contribution in [0.3, 0.4) is 0 Å². The minimum absolute atomic E-state index is 0.00217. The van der Waals surface area contributed by atoms with Gasteiger partial charge in [-0.2, -0.15) is 5.10 Å². The number of hydrazone groups is 1. The summed E-state index contributed by atoms with van der Waals surface area (Å²) in [6.45, 7) is 0. The Morgan fingerprint density at radius 1 is 1.12 bits per heavy atom. The molecule has 8 nitrogen and oxygen atoms in total. The van der Waals surface area contributed by atoms with Crippen molar-refractivity contribution in [2.75, 3.05) is 7.11 Å². The lowest BCUT2D eigenvalue weighted by molar-refractivity contribution is 0.0706. The first-order valence-corrected chi connectivity index (χ1v) is 6.80. The van der Waals surface area contributed by atoms with Crippen LogP contribution in [-0.2, 0) is 0 Å². The summed E-state index contributed by atoms with van der Waals surface area (Å²) in [5.41, 5.74) is 4.76. The zero-order chi connectivity index (χ0) is 17.5. The molecule has 0 radical (unpaired) electrons. The molecule has 4 N–H and O–H groups in total. The topological polar surface area (TPSA) is 120 Å². The first-order valence-electron chi connectivity index (χ1n) is 6.80. The highest BCUT2D eigenvalue weighted by molar-refractivity contribution is 5.99. The lowest BCUT2D eigenvalue weighted by Crippen LogP contribution is -2.21. The normalized spacial score (nSPS) is 10.4. The van der Waals surface area contributed by atoms with Crippen LogP contribution in [0.5, 0.6) is 11.5 Å². The van der Waals surface area contributed by atoms with E-state index in [0.717, 1.165) is 0 Å². The summed E-state index contributed by atoms with van der Waals surface area (Å²) in [6, 6.07) is 10.4. The summed E-state index contributed by atoms with van der Waals surface area (Å²) in [5, 5.41) is 21.9. The van der Waals surface area contributed by atoms with Gasteiger partial charge in [-0.1, -0.05) is 6.07 Å². The standard InChI is InChI=1S/C16H15N3O5/c1-24-14-7-10(5-6-13(14)20)9-17-18-15(21)11-3-2-4-12(8-11)16(22)19-23/h2-9,20,23H,1H3,(H,18,21)(H,19,22)/b17-9+. The Balaban J connectivity index is 2.06. The van der Waals surface area contributed by atoms with Gasteiger partial charge < -0.3 is 9.84 Å². The van der Waals surface area contributed by atoms with Crippen molar-refractivity contribution in [1.29, 1.82) is 0 Å². The molecule has 0 aliphatic heterocycles. The average molecular weight is 329 g/mol. The fourth-order valence-electron chi connectivity index (χ4n) is 1.87. The number of methoxy groups -OCH3 is 1. The Bertz CT molecular complexity index is 789. The van der Waals surface area contributed by atoms with E-state index >= 15 is 0 Å². The number of phenolic OH excluding ortho intramolecular Hbond substituents is 1. The van der Waals surface area contributed by atoms with Gasteiger partial charge in [-0.05, 0) is 42.0 Å². The molecule has 2 aromatic rings. The molecule has 0 aliphatic rings. The molecule has 0 spiro atoms. The minimum Gasteiger partial charge on any atom is -0.504 e. The van der Waals surface area contributed by atoms with Crippen LogP contribution in [-0.4, -0.2) is 35.5 Å². The number of phenols is 1. The van der Waals surface area contributed by atoms with Crippen LogP contribution in [0.4, 0.5) is 0 Å². The number of benzene rings is 2. The predicted molar refractivity (Wildman–Crippen MR) is 85.4 cm³/mol. The third-order valence-electron chi connectivity index (χ3n) is 3.07. The molecule has 0 bridgehead atoms. The van der Waals surface area contributed by atoms with Crippen molar-refractivity contribution in [1.82, 2.24) is 10.9 Å². The van der Waals surface area contributed by atoms with Crippen molar-refractivity contribution < 1.29 is 24.6 Å². The summed E-state index contributed by atoms with van der Waals surface area (Å²) in [6.07, 6.45) is 1.38. The molecule has 2 rings (SSSR count). The van der Waals surface area contributed by atoms with Gasteiger partial charge in [0.15, 0.2) is 11.5 Å². The highest BCUT2D eigenvalue weighted by Crippen LogP contribution is 2.25. The van der Waals surface area contributed by atoms with E-state index < -0.39 is 11.8 Å². The fraction of sp³-hybridized carbons (Fsp3) is 0.0625. The Hall–Kier alpha value is -3.39. The third kappa shape index (κ3) is 4.08. The smallest absolute Gasteiger partial charge is 0.274 e. The molecule has 0 saturated heterocycles. The number of ether oxygens (including phenoxy) is 1. The molecule has 2 amide bonds. The van der Waals surface area contributed by atoms with Crippen LogP contribution < -0.4 is 15.6 Å². The highest BCUT2D eigenvalue weighted by Gasteiger charge is 2.09. The number of hydroxylamine groups is 1. The number of rotatable bonds is 5. The Morgan fingerprint density at radius 3 is 2.50 bits per heavy atom. The summed E-state index contributed by atoms with van der Waals surface area (Å²) in [5.74, 6) is -0.959. The van der Waals surface area contributed by atoms with E-state index in [1.54, 1.807) is 12.1 Å². The van der Waals surface area contributed by atoms with Gasteiger partial charge in [0.25, 0.3) is 11.8 Å². The van der Waals surface area contributed by atoms with Crippen LogP contribution in [0.25, 0.3) is 0 Å². The van der Waals surface area contributed by atoms with Gasteiger partial charge in [0, 0.05) is 11.1 Å². The quantitative estimate of drug-likeness (QED) is 0.374. The number of nitrogens with zero attached hydrogens (tertiary/aromatic N) is 1. The Morgan fingerprint density at radius 2 is 1.83 bits per heavy atom. The van der Waals surface area contributed by atoms with Gasteiger partial charge in [-0.3, -0.25) is 14.8 Å². The number of hydrogen-bond acceptors (Lipinski definition) is 6. The molecule has 124 valence electrons. The molecule has 0 fully saturated rings. The highest BCUT2D eigenvalue weighted by atomic mass is 16.5. The van der Waals surface area contributed by atoms with E-state index in [1.807, 2.05) is 0 Å². The number of hydrogen-bond donors (Lipinski definition) is 4. The van der Waals surface area contributed by atoms with Crippen molar-refractivity contribution in [3.8, 4) is 11.5 Å². The van der Waals surface area contributed by atoms with Gasteiger partial charge in [-0.15, -0.1) is 0 Å². The molecule has 8 heteroatoms. The number of aromatic hydroxyl groups is 1. The number of carbonyl (C=O) groups is 2. The molecule has 2 aromatic carbocycles. The van der Waals surface area contributed by atoms with Crippen molar-refractivity contribution in [2.45, 2.75) is 0 Å². The molecular weight excluding hydrogens is 314 g/mol. The largest absolute Gasteiger partial charge is 0.504 e. The molecule has 0 unspecified atom stereocenters. The number of amides is 2. The van der Waals surface area contributed by atoms with Crippen LogP contribution in [0, 0.1) is 0 Å². The van der Waals surface area contributed by atoms with Gasteiger partial charge in [0.2, 0.25) is 0 Å². The van der Waals surface area contributed by atoms with E-state index in [9.17, 15) is 14.7 Å². The summed E-state index contributed by atoms with van der Waals surface area (Å²) in [7, 11) is 1.42. The molecule has 0 aromatic heterocycles. The summed E-state index contributed by atoms with van der Waals surface area (Å²) >= 11 is 0.